The van der Waals surface area contributed by atoms with Crippen LogP contribution in [0.1, 0.15) is 20.3 Å². The van der Waals surface area contributed by atoms with E-state index in [1.807, 2.05) is 0 Å². The van der Waals surface area contributed by atoms with Crippen LogP contribution in [0.2, 0.25) is 0 Å². The number of hydrogen-bond acceptors (Lipinski definition) is 5. The van der Waals surface area contributed by atoms with E-state index in [0.717, 1.165) is 32.6 Å². The Bertz CT molecular complexity index is 601. The van der Waals surface area contributed by atoms with Gasteiger partial charge in [0, 0.05) is 38.9 Å². The summed E-state index contributed by atoms with van der Waals surface area (Å²) in [4.78, 5) is 6.72. The number of sulfonamides is 1. The van der Waals surface area contributed by atoms with Crippen LogP contribution >= 0.6 is 15.9 Å². The van der Waals surface area contributed by atoms with Crippen LogP contribution in [0.4, 0.5) is 5.82 Å². The van der Waals surface area contributed by atoms with E-state index in [9.17, 15) is 8.42 Å². The minimum absolute atomic E-state index is 0.242. The molecule has 0 aromatic carbocycles. The zero-order chi connectivity index (χ0) is 16.2. The van der Waals surface area contributed by atoms with Gasteiger partial charge in [-0.25, -0.2) is 13.4 Å². The van der Waals surface area contributed by atoms with Crippen molar-refractivity contribution in [2.24, 2.45) is 0 Å². The predicted molar refractivity (Wildman–Crippen MR) is 91.6 cm³/mol. The maximum atomic E-state index is 12.7. The topological polar surface area (TPSA) is 65.5 Å². The second-order valence-electron chi connectivity index (χ2n) is 5.27. The Morgan fingerprint density at radius 1 is 1.27 bits per heavy atom. The van der Waals surface area contributed by atoms with Crippen LogP contribution in [0.3, 0.4) is 0 Å². The van der Waals surface area contributed by atoms with Crippen LogP contribution in [0.5, 0.6) is 0 Å². The molecule has 1 aliphatic heterocycles. The van der Waals surface area contributed by atoms with Gasteiger partial charge in [-0.3, -0.25) is 0 Å². The monoisotopic (exact) mass is 390 g/mol. The van der Waals surface area contributed by atoms with Crippen LogP contribution in [0.15, 0.2) is 21.6 Å². The minimum atomic E-state index is -3.47. The Balaban J connectivity index is 2.14. The first-order chi connectivity index (χ1) is 10.5. The summed E-state index contributed by atoms with van der Waals surface area (Å²) in [6, 6.07) is 1.63. The van der Waals surface area contributed by atoms with E-state index in [2.05, 4.69) is 45.0 Å². The smallest absolute Gasteiger partial charge is 0.244 e. The van der Waals surface area contributed by atoms with Crippen molar-refractivity contribution in [2.45, 2.75) is 25.2 Å². The number of rotatable bonds is 6. The Hall–Kier alpha value is -0.700. The number of aromatic nitrogens is 1. The number of nitrogens with zero attached hydrogens (tertiary/aromatic N) is 3. The van der Waals surface area contributed by atoms with E-state index in [1.54, 1.807) is 10.4 Å². The first kappa shape index (κ1) is 17.7. The van der Waals surface area contributed by atoms with E-state index in [-0.39, 0.29) is 4.90 Å². The van der Waals surface area contributed by atoms with Crippen LogP contribution in [0.25, 0.3) is 0 Å². The summed E-state index contributed by atoms with van der Waals surface area (Å²) < 4.78 is 27.6. The zero-order valence-electron chi connectivity index (χ0n) is 13.0. The number of piperazine rings is 1. The van der Waals surface area contributed by atoms with Crippen molar-refractivity contribution in [1.29, 1.82) is 0 Å². The van der Waals surface area contributed by atoms with Crippen LogP contribution < -0.4 is 5.32 Å². The van der Waals surface area contributed by atoms with Crippen molar-refractivity contribution < 1.29 is 8.42 Å². The average Bonchev–Trinajstić information content (AvgIpc) is 2.53. The van der Waals surface area contributed by atoms with E-state index in [1.165, 1.54) is 6.20 Å². The molecule has 0 amide bonds. The van der Waals surface area contributed by atoms with Gasteiger partial charge in [0.05, 0.1) is 4.47 Å². The molecule has 1 N–H and O–H groups in total. The van der Waals surface area contributed by atoms with Gasteiger partial charge in [0.2, 0.25) is 10.0 Å². The summed E-state index contributed by atoms with van der Waals surface area (Å²) in [6.07, 6.45) is 2.42. The normalized spacial score (nSPS) is 17.6. The quantitative estimate of drug-likeness (QED) is 0.804. The number of hydrogen-bond donors (Lipinski definition) is 1. The molecular weight excluding hydrogens is 368 g/mol. The van der Waals surface area contributed by atoms with Gasteiger partial charge in [0.25, 0.3) is 0 Å². The summed E-state index contributed by atoms with van der Waals surface area (Å²) in [5.74, 6) is 0.677. The molecule has 0 bridgehead atoms. The van der Waals surface area contributed by atoms with Gasteiger partial charge in [-0.15, -0.1) is 0 Å². The van der Waals surface area contributed by atoms with Gasteiger partial charge < -0.3 is 10.2 Å². The highest BCUT2D eigenvalue weighted by molar-refractivity contribution is 9.10. The average molecular weight is 391 g/mol. The van der Waals surface area contributed by atoms with E-state index >= 15 is 0 Å². The molecule has 0 spiro atoms. The molecule has 0 unspecified atom stereocenters. The van der Waals surface area contributed by atoms with Crippen molar-refractivity contribution >= 4 is 31.8 Å². The van der Waals surface area contributed by atoms with Crippen LogP contribution in [-0.2, 0) is 10.0 Å². The van der Waals surface area contributed by atoms with Gasteiger partial charge in [-0.2, -0.15) is 4.31 Å². The molecule has 124 valence electrons. The molecule has 1 saturated heterocycles. The van der Waals surface area contributed by atoms with Crippen LogP contribution in [0, 0.1) is 0 Å². The highest BCUT2D eigenvalue weighted by Crippen LogP contribution is 2.25. The lowest BCUT2D eigenvalue weighted by molar-refractivity contribution is 0.196. The molecule has 1 fully saturated rings. The molecule has 1 aliphatic rings. The van der Waals surface area contributed by atoms with Gasteiger partial charge >= 0.3 is 0 Å². The lowest BCUT2D eigenvalue weighted by atomic mass is 10.4. The van der Waals surface area contributed by atoms with Gasteiger partial charge in [-0.1, -0.05) is 13.8 Å². The molecule has 2 rings (SSSR count). The van der Waals surface area contributed by atoms with Gasteiger partial charge in [0.1, 0.15) is 10.7 Å². The maximum absolute atomic E-state index is 12.7. The predicted octanol–water partition coefficient (Wildman–Crippen LogP) is 1.99. The molecule has 1 aromatic rings. The lowest BCUT2D eigenvalue weighted by Crippen LogP contribution is -2.48. The molecule has 0 aliphatic carbocycles. The Labute approximate surface area is 141 Å². The van der Waals surface area contributed by atoms with Gasteiger partial charge in [0.15, 0.2) is 0 Å². The third kappa shape index (κ3) is 3.98. The van der Waals surface area contributed by atoms with Gasteiger partial charge in [-0.05, 0) is 35.0 Å². The lowest BCUT2D eigenvalue weighted by Gasteiger charge is -2.33. The number of pyridine rings is 1. The standard InChI is InChI=1S/C14H23BrN4O2S/c1-3-5-16-14-13(15)10-12(11-17-14)22(20,21)19-8-6-18(4-2)7-9-19/h10-11H,3-9H2,1-2H3,(H,16,17). The number of anilines is 1. The zero-order valence-corrected chi connectivity index (χ0v) is 15.5. The SMILES string of the molecule is CCCNc1ncc(S(=O)(=O)N2CCN(CC)CC2)cc1Br. The fourth-order valence-electron chi connectivity index (χ4n) is 2.37. The Kier molecular flexibility index (Phi) is 6.19. The first-order valence-corrected chi connectivity index (χ1v) is 9.84. The molecule has 0 saturated carbocycles. The highest BCUT2D eigenvalue weighted by Gasteiger charge is 2.28. The first-order valence-electron chi connectivity index (χ1n) is 7.61. The largest absolute Gasteiger partial charge is 0.369 e. The Morgan fingerprint density at radius 3 is 2.50 bits per heavy atom. The minimum Gasteiger partial charge on any atom is -0.369 e. The fraction of sp³-hybridized carbons (Fsp3) is 0.643. The van der Waals surface area contributed by atoms with E-state index < -0.39 is 10.0 Å². The second-order valence-corrected chi connectivity index (χ2v) is 8.06. The third-order valence-corrected chi connectivity index (χ3v) is 6.24. The third-order valence-electron chi connectivity index (χ3n) is 3.77. The van der Waals surface area contributed by atoms with Crippen molar-refractivity contribution in [3.63, 3.8) is 0 Å². The summed E-state index contributed by atoms with van der Waals surface area (Å²) >= 11 is 3.40. The van der Waals surface area contributed by atoms with Crippen molar-refractivity contribution in [1.82, 2.24) is 14.2 Å². The molecule has 8 heteroatoms. The fourth-order valence-corrected chi connectivity index (χ4v) is 4.41. The summed E-state index contributed by atoms with van der Waals surface area (Å²) in [5, 5.41) is 3.16. The summed E-state index contributed by atoms with van der Waals surface area (Å²) in [7, 11) is -3.47. The van der Waals surface area contributed by atoms with Crippen LogP contribution in [-0.4, -0.2) is 61.9 Å². The Morgan fingerprint density at radius 2 is 1.95 bits per heavy atom. The molecular formula is C14H23BrN4O2S. The van der Waals surface area contributed by atoms with Crippen molar-refractivity contribution in [3.8, 4) is 0 Å². The summed E-state index contributed by atoms with van der Waals surface area (Å²) in [6.45, 7) is 8.53. The van der Waals surface area contributed by atoms with E-state index in [0.29, 0.717) is 23.4 Å². The summed E-state index contributed by atoms with van der Waals surface area (Å²) in [5.41, 5.74) is 0. The number of halogens is 1. The number of nitrogens with one attached hydrogen (secondary N) is 1. The molecule has 2 heterocycles. The molecule has 6 nitrogen and oxygen atoms in total. The molecule has 0 atom stereocenters. The molecule has 0 radical (unpaired) electrons. The second kappa shape index (κ2) is 7.72. The molecule has 1 aromatic heterocycles. The maximum Gasteiger partial charge on any atom is 0.244 e. The van der Waals surface area contributed by atoms with Crippen molar-refractivity contribution in [2.75, 3.05) is 44.6 Å². The number of likely N-dealkylation sites (N-methyl/N-ethyl adjacent to an activating group) is 1. The molecule has 22 heavy (non-hydrogen) atoms. The highest BCUT2D eigenvalue weighted by atomic mass is 79.9. The van der Waals surface area contributed by atoms with Crippen molar-refractivity contribution in [3.05, 3.63) is 16.7 Å². The van der Waals surface area contributed by atoms with E-state index in [4.69, 9.17) is 0 Å².